The first-order valence-electron chi connectivity index (χ1n) is 4.75. The van der Waals surface area contributed by atoms with Gasteiger partial charge in [0.25, 0.3) is 0 Å². The molecule has 90 valence electrons. The molecule has 0 aliphatic rings. The van der Waals surface area contributed by atoms with Crippen molar-refractivity contribution < 1.29 is 13.2 Å². The Kier molecular flexibility index (Phi) is 4.79. The minimum atomic E-state index is -4.44. The zero-order chi connectivity index (χ0) is 12.0. The van der Waals surface area contributed by atoms with Crippen LogP contribution in [-0.2, 0) is 6.18 Å². The molecular weight excluding hydrogens is 243 g/mol. The molecule has 0 spiro atoms. The molecule has 1 aromatic rings. The molecule has 0 aromatic carbocycles. The molecule has 0 bridgehead atoms. The van der Waals surface area contributed by atoms with Crippen LogP contribution < -0.4 is 5.32 Å². The molecule has 16 heavy (non-hydrogen) atoms. The summed E-state index contributed by atoms with van der Waals surface area (Å²) in [6.07, 6.45) is -2.75. The molecular formula is C9H11ClF3N3. The molecule has 0 aliphatic carbocycles. The number of alkyl halides is 4. The maximum atomic E-state index is 12.1. The zero-order valence-corrected chi connectivity index (χ0v) is 9.15. The summed E-state index contributed by atoms with van der Waals surface area (Å²) in [4.78, 5) is 0. The van der Waals surface area contributed by atoms with E-state index in [1.165, 1.54) is 6.07 Å². The van der Waals surface area contributed by atoms with Gasteiger partial charge in [-0.1, -0.05) is 0 Å². The molecule has 0 aliphatic heterocycles. The summed E-state index contributed by atoms with van der Waals surface area (Å²) in [7, 11) is 0. The molecule has 0 amide bonds. The van der Waals surface area contributed by atoms with Crippen molar-refractivity contribution in [1.29, 1.82) is 0 Å². The fraction of sp³-hybridized carbons (Fsp3) is 0.556. The molecule has 1 N–H and O–H groups in total. The summed E-state index contributed by atoms with van der Waals surface area (Å²) in [5, 5.41) is 9.37. The van der Waals surface area contributed by atoms with Crippen molar-refractivity contribution in [3.8, 4) is 0 Å². The molecule has 1 aromatic heterocycles. The third kappa shape index (κ3) is 4.22. The molecule has 1 rings (SSSR count). The zero-order valence-electron chi connectivity index (χ0n) is 8.39. The molecule has 1 heterocycles. The topological polar surface area (TPSA) is 37.8 Å². The van der Waals surface area contributed by atoms with Crippen molar-refractivity contribution in [1.82, 2.24) is 10.2 Å². The van der Waals surface area contributed by atoms with Crippen LogP contribution in [0.4, 0.5) is 19.0 Å². The maximum Gasteiger partial charge on any atom is 0.435 e. The van der Waals surface area contributed by atoms with E-state index in [0.29, 0.717) is 18.2 Å². The van der Waals surface area contributed by atoms with Gasteiger partial charge in [0, 0.05) is 12.4 Å². The van der Waals surface area contributed by atoms with E-state index in [9.17, 15) is 13.2 Å². The van der Waals surface area contributed by atoms with Crippen molar-refractivity contribution >= 4 is 17.4 Å². The summed E-state index contributed by atoms with van der Waals surface area (Å²) in [5.74, 6) is 0.906. The number of hydrogen-bond donors (Lipinski definition) is 1. The van der Waals surface area contributed by atoms with E-state index in [0.717, 1.165) is 18.9 Å². The lowest BCUT2D eigenvalue weighted by atomic mass is 10.3. The largest absolute Gasteiger partial charge is 0.435 e. The Morgan fingerprint density at radius 2 is 1.94 bits per heavy atom. The second kappa shape index (κ2) is 5.89. The Morgan fingerprint density at radius 3 is 2.44 bits per heavy atom. The number of anilines is 1. The SMILES string of the molecule is FC(F)(F)c1ccc(NCCCCCl)nn1. The highest BCUT2D eigenvalue weighted by Gasteiger charge is 2.32. The molecule has 0 saturated heterocycles. The maximum absolute atomic E-state index is 12.1. The number of nitrogens with one attached hydrogen (secondary N) is 1. The van der Waals surface area contributed by atoms with Gasteiger partial charge >= 0.3 is 6.18 Å². The highest BCUT2D eigenvalue weighted by atomic mass is 35.5. The smallest absolute Gasteiger partial charge is 0.369 e. The molecule has 0 atom stereocenters. The third-order valence-electron chi connectivity index (χ3n) is 1.82. The van der Waals surface area contributed by atoms with Crippen LogP contribution in [0, 0.1) is 0 Å². The van der Waals surface area contributed by atoms with E-state index in [-0.39, 0.29) is 0 Å². The highest BCUT2D eigenvalue weighted by molar-refractivity contribution is 6.17. The normalized spacial score (nSPS) is 11.5. The van der Waals surface area contributed by atoms with E-state index in [4.69, 9.17) is 11.6 Å². The Balaban J connectivity index is 2.46. The number of rotatable bonds is 5. The van der Waals surface area contributed by atoms with Crippen LogP contribution in [0.25, 0.3) is 0 Å². The van der Waals surface area contributed by atoms with Gasteiger partial charge in [-0.2, -0.15) is 13.2 Å². The lowest BCUT2D eigenvalue weighted by Gasteiger charge is -2.06. The Labute approximate surface area is 96.0 Å². The summed E-state index contributed by atoms with van der Waals surface area (Å²) < 4.78 is 36.4. The van der Waals surface area contributed by atoms with Crippen LogP contribution in [-0.4, -0.2) is 22.6 Å². The lowest BCUT2D eigenvalue weighted by Crippen LogP contribution is -2.11. The average Bonchev–Trinajstić information content (AvgIpc) is 2.24. The van der Waals surface area contributed by atoms with E-state index in [1.54, 1.807) is 0 Å². The first kappa shape index (κ1) is 13.0. The minimum Gasteiger partial charge on any atom is -0.369 e. The van der Waals surface area contributed by atoms with Gasteiger partial charge in [-0.3, -0.25) is 0 Å². The summed E-state index contributed by atoms with van der Waals surface area (Å²) in [6, 6.07) is 2.16. The first-order valence-corrected chi connectivity index (χ1v) is 5.28. The van der Waals surface area contributed by atoms with Crippen LogP contribution in [0.15, 0.2) is 12.1 Å². The van der Waals surface area contributed by atoms with E-state index in [1.807, 2.05) is 0 Å². The Hall–Kier alpha value is -1.04. The van der Waals surface area contributed by atoms with Gasteiger partial charge in [0.05, 0.1) is 0 Å². The summed E-state index contributed by atoms with van der Waals surface area (Å²) in [5.41, 5.74) is -0.987. The molecule has 0 unspecified atom stereocenters. The molecule has 0 fully saturated rings. The monoisotopic (exact) mass is 253 g/mol. The summed E-state index contributed by atoms with van der Waals surface area (Å²) >= 11 is 5.47. The van der Waals surface area contributed by atoms with Gasteiger partial charge in [0.15, 0.2) is 5.69 Å². The number of aromatic nitrogens is 2. The van der Waals surface area contributed by atoms with Crippen molar-refractivity contribution in [2.24, 2.45) is 0 Å². The standard InChI is InChI=1S/C9H11ClF3N3/c10-5-1-2-6-14-8-4-3-7(15-16-8)9(11,12)13/h3-4H,1-2,5-6H2,(H,14,16). The summed E-state index contributed by atoms with van der Waals surface area (Å²) in [6.45, 7) is 0.618. The highest BCUT2D eigenvalue weighted by Crippen LogP contribution is 2.26. The Morgan fingerprint density at radius 1 is 1.19 bits per heavy atom. The van der Waals surface area contributed by atoms with E-state index >= 15 is 0 Å². The van der Waals surface area contributed by atoms with Crippen LogP contribution in [0.2, 0.25) is 0 Å². The number of unbranched alkanes of at least 4 members (excludes halogenated alkanes) is 1. The Bertz CT molecular complexity index is 313. The number of hydrogen-bond acceptors (Lipinski definition) is 3. The molecule has 0 saturated carbocycles. The second-order valence-corrected chi connectivity index (χ2v) is 3.50. The van der Waals surface area contributed by atoms with Crippen LogP contribution in [0.1, 0.15) is 18.5 Å². The van der Waals surface area contributed by atoms with Crippen LogP contribution in [0.5, 0.6) is 0 Å². The third-order valence-corrected chi connectivity index (χ3v) is 2.09. The predicted molar refractivity (Wildman–Crippen MR) is 55.5 cm³/mol. The van der Waals surface area contributed by atoms with Crippen molar-refractivity contribution in [2.75, 3.05) is 17.7 Å². The molecule has 0 radical (unpaired) electrons. The van der Waals surface area contributed by atoms with E-state index < -0.39 is 11.9 Å². The lowest BCUT2D eigenvalue weighted by molar-refractivity contribution is -0.141. The van der Waals surface area contributed by atoms with Gasteiger partial charge < -0.3 is 5.32 Å². The van der Waals surface area contributed by atoms with Crippen molar-refractivity contribution in [3.63, 3.8) is 0 Å². The van der Waals surface area contributed by atoms with Crippen molar-refractivity contribution in [2.45, 2.75) is 19.0 Å². The van der Waals surface area contributed by atoms with Gasteiger partial charge in [-0.05, 0) is 25.0 Å². The van der Waals surface area contributed by atoms with Gasteiger partial charge in [0.2, 0.25) is 0 Å². The van der Waals surface area contributed by atoms with Gasteiger partial charge in [0.1, 0.15) is 5.82 Å². The van der Waals surface area contributed by atoms with Gasteiger partial charge in [-0.15, -0.1) is 21.8 Å². The van der Waals surface area contributed by atoms with E-state index in [2.05, 4.69) is 15.5 Å². The number of nitrogens with zero attached hydrogens (tertiary/aromatic N) is 2. The first-order chi connectivity index (χ1) is 7.54. The van der Waals surface area contributed by atoms with Gasteiger partial charge in [-0.25, -0.2) is 0 Å². The molecule has 3 nitrogen and oxygen atoms in total. The quantitative estimate of drug-likeness (QED) is 0.648. The fourth-order valence-electron chi connectivity index (χ4n) is 1.01. The minimum absolute atomic E-state index is 0.336. The van der Waals surface area contributed by atoms with Crippen molar-refractivity contribution in [3.05, 3.63) is 17.8 Å². The average molecular weight is 254 g/mol. The molecule has 7 heteroatoms. The second-order valence-electron chi connectivity index (χ2n) is 3.12. The number of halogens is 4. The van der Waals surface area contributed by atoms with Crippen LogP contribution in [0.3, 0.4) is 0 Å². The fourth-order valence-corrected chi connectivity index (χ4v) is 1.20. The van der Waals surface area contributed by atoms with Crippen LogP contribution >= 0.6 is 11.6 Å². The predicted octanol–water partition coefficient (Wildman–Crippen LogP) is 2.93.